The largest absolute Gasteiger partial charge is 0.464 e. The molecule has 6 heteroatoms. The van der Waals surface area contributed by atoms with Gasteiger partial charge in [-0.25, -0.2) is 4.79 Å². The first kappa shape index (κ1) is 23.8. The maximum atomic E-state index is 13.3. The number of hydrogen-bond acceptors (Lipinski definition) is 5. The zero-order valence-electron chi connectivity index (χ0n) is 20.0. The molecule has 1 aliphatic rings. The van der Waals surface area contributed by atoms with Crippen molar-refractivity contribution in [3.63, 3.8) is 0 Å². The van der Waals surface area contributed by atoms with Gasteiger partial charge < -0.3 is 14.5 Å². The average molecular weight is 440 g/mol. The lowest BCUT2D eigenvalue weighted by Crippen LogP contribution is -2.39. The molecule has 0 saturated heterocycles. The first-order chi connectivity index (χ1) is 14.9. The Kier molecular flexibility index (Phi) is 6.36. The van der Waals surface area contributed by atoms with E-state index in [1.54, 1.807) is 6.92 Å². The van der Waals surface area contributed by atoms with Gasteiger partial charge in [0.15, 0.2) is 11.5 Å². The fourth-order valence-electron chi connectivity index (χ4n) is 4.28. The number of hydrogen-bond donors (Lipinski definition) is 1. The summed E-state index contributed by atoms with van der Waals surface area (Å²) in [5.41, 5.74) is 3.98. The van der Waals surface area contributed by atoms with Crippen LogP contribution in [-0.4, -0.2) is 30.3 Å². The van der Waals surface area contributed by atoms with Crippen molar-refractivity contribution in [2.75, 3.05) is 6.61 Å². The smallest absolute Gasteiger partial charge is 0.328 e. The number of esters is 1. The van der Waals surface area contributed by atoms with Crippen LogP contribution in [0, 0.1) is 6.92 Å². The van der Waals surface area contributed by atoms with Crippen molar-refractivity contribution < 1.29 is 23.5 Å². The number of aryl methyl sites for hydroxylation is 1. The number of ether oxygens (including phenoxy) is 1. The minimum Gasteiger partial charge on any atom is -0.464 e. The molecule has 0 spiro atoms. The molecule has 1 unspecified atom stereocenters. The highest BCUT2D eigenvalue weighted by Gasteiger charge is 2.38. The molecule has 1 aromatic carbocycles. The Morgan fingerprint density at radius 2 is 1.59 bits per heavy atom. The maximum Gasteiger partial charge on any atom is 0.328 e. The molecule has 1 aromatic heterocycles. The lowest BCUT2D eigenvalue weighted by Gasteiger charge is -2.42. The average Bonchev–Trinajstić information content (AvgIpc) is 3.21. The van der Waals surface area contributed by atoms with Gasteiger partial charge in [-0.3, -0.25) is 9.59 Å². The van der Waals surface area contributed by atoms with E-state index >= 15 is 0 Å². The van der Waals surface area contributed by atoms with Crippen molar-refractivity contribution in [3.05, 3.63) is 58.0 Å². The number of fused-ring (bicyclic) bond motifs is 1. The van der Waals surface area contributed by atoms with Gasteiger partial charge in [-0.05, 0) is 79.3 Å². The van der Waals surface area contributed by atoms with Crippen LogP contribution in [0.5, 0.6) is 0 Å². The number of amides is 1. The number of carbonyl (C=O) groups is 3. The van der Waals surface area contributed by atoms with Gasteiger partial charge in [-0.2, -0.15) is 0 Å². The lowest BCUT2D eigenvalue weighted by molar-refractivity contribution is -0.144. The van der Waals surface area contributed by atoms with E-state index in [2.05, 4.69) is 39.1 Å². The van der Waals surface area contributed by atoms with Crippen LogP contribution in [0.25, 0.3) is 0 Å². The van der Waals surface area contributed by atoms with Crippen LogP contribution in [0.4, 0.5) is 0 Å². The standard InChI is InChI=1S/C26H33NO5/c1-8-31-24(30)16(3)27-23(29)21-10-9-20(32-21)22(28)17-14-19-18(13-15(17)2)25(4,5)11-12-26(19,6)7/h9-10,13-14,16H,8,11-12H2,1-7H3,(H,27,29). The van der Waals surface area contributed by atoms with Gasteiger partial charge >= 0.3 is 5.97 Å². The molecule has 1 heterocycles. The number of benzene rings is 1. The molecule has 0 bridgehead atoms. The third-order valence-corrected chi connectivity index (χ3v) is 6.48. The van der Waals surface area contributed by atoms with E-state index in [0.29, 0.717) is 5.56 Å². The van der Waals surface area contributed by atoms with Crippen LogP contribution >= 0.6 is 0 Å². The highest BCUT2D eigenvalue weighted by Crippen LogP contribution is 2.46. The van der Waals surface area contributed by atoms with Crippen LogP contribution < -0.4 is 5.32 Å². The van der Waals surface area contributed by atoms with Gasteiger partial charge in [0.25, 0.3) is 5.91 Å². The van der Waals surface area contributed by atoms with Gasteiger partial charge in [0.05, 0.1) is 6.61 Å². The topological polar surface area (TPSA) is 85.6 Å². The molecule has 0 radical (unpaired) electrons. The molecule has 172 valence electrons. The molecule has 0 saturated carbocycles. The van der Waals surface area contributed by atoms with E-state index in [1.165, 1.54) is 30.2 Å². The second-order valence-corrected chi connectivity index (χ2v) is 9.92. The highest BCUT2D eigenvalue weighted by molar-refractivity contribution is 6.09. The molecule has 0 fully saturated rings. The minimum atomic E-state index is -0.819. The fourth-order valence-corrected chi connectivity index (χ4v) is 4.28. The SMILES string of the molecule is CCOC(=O)C(C)NC(=O)c1ccc(C(=O)c2cc3c(cc2C)C(C)(C)CCC3(C)C)o1. The van der Waals surface area contributed by atoms with Gasteiger partial charge in [0.2, 0.25) is 5.78 Å². The van der Waals surface area contributed by atoms with Crippen LogP contribution in [-0.2, 0) is 20.4 Å². The molecule has 3 rings (SSSR count). The van der Waals surface area contributed by atoms with Gasteiger partial charge in [-0.15, -0.1) is 0 Å². The van der Waals surface area contributed by atoms with Crippen molar-refractivity contribution in [2.45, 2.75) is 78.2 Å². The Bertz CT molecular complexity index is 1060. The Morgan fingerprint density at radius 3 is 2.19 bits per heavy atom. The third-order valence-electron chi connectivity index (χ3n) is 6.48. The molecule has 1 atom stereocenters. The molecule has 1 aliphatic carbocycles. The Balaban J connectivity index is 1.87. The molecule has 2 aromatic rings. The van der Waals surface area contributed by atoms with Crippen molar-refractivity contribution in [3.8, 4) is 0 Å². The van der Waals surface area contributed by atoms with Crippen molar-refractivity contribution >= 4 is 17.7 Å². The van der Waals surface area contributed by atoms with Crippen molar-refractivity contribution in [1.82, 2.24) is 5.32 Å². The Labute approximate surface area is 189 Å². The summed E-state index contributed by atoms with van der Waals surface area (Å²) >= 11 is 0. The second kappa shape index (κ2) is 8.57. The third kappa shape index (κ3) is 4.50. The second-order valence-electron chi connectivity index (χ2n) is 9.92. The summed E-state index contributed by atoms with van der Waals surface area (Å²) in [6.45, 7) is 14.3. The van der Waals surface area contributed by atoms with E-state index in [4.69, 9.17) is 9.15 Å². The highest BCUT2D eigenvalue weighted by atomic mass is 16.5. The van der Waals surface area contributed by atoms with Crippen LogP contribution in [0.1, 0.15) is 97.7 Å². The monoisotopic (exact) mass is 439 g/mol. The quantitative estimate of drug-likeness (QED) is 0.514. The normalized spacial score (nSPS) is 17.2. The summed E-state index contributed by atoms with van der Waals surface area (Å²) in [7, 11) is 0. The molecular weight excluding hydrogens is 406 g/mol. The number of carbonyl (C=O) groups excluding carboxylic acids is 3. The van der Waals surface area contributed by atoms with Gasteiger partial charge in [-0.1, -0.05) is 33.8 Å². The van der Waals surface area contributed by atoms with Gasteiger partial charge in [0.1, 0.15) is 6.04 Å². The molecule has 1 amide bonds. The fraction of sp³-hybridized carbons (Fsp3) is 0.500. The van der Waals surface area contributed by atoms with Crippen molar-refractivity contribution in [2.24, 2.45) is 0 Å². The minimum absolute atomic E-state index is 0.0228. The predicted molar refractivity (Wildman–Crippen MR) is 122 cm³/mol. The number of ketones is 1. The van der Waals surface area contributed by atoms with Crippen molar-refractivity contribution in [1.29, 1.82) is 0 Å². The first-order valence-corrected chi connectivity index (χ1v) is 11.1. The van der Waals surface area contributed by atoms with E-state index in [-0.39, 0.29) is 34.7 Å². The van der Waals surface area contributed by atoms with E-state index < -0.39 is 17.9 Å². The predicted octanol–water partition coefficient (Wildman–Crippen LogP) is 4.85. The van der Waals surface area contributed by atoms with Crippen LogP contribution in [0.2, 0.25) is 0 Å². The number of rotatable bonds is 6. The summed E-state index contributed by atoms with van der Waals surface area (Å²) < 4.78 is 10.5. The Hall–Kier alpha value is -2.89. The van der Waals surface area contributed by atoms with E-state index in [1.807, 2.05) is 13.0 Å². The summed E-state index contributed by atoms with van der Waals surface area (Å²) in [6.07, 6.45) is 2.15. The first-order valence-electron chi connectivity index (χ1n) is 11.1. The summed E-state index contributed by atoms with van der Waals surface area (Å²) in [6, 6.07) is 6.25. The zero-order valence-corrected chi connectivity index (χ0v) is 20.0. The summed E-state index contributed by atoms with van der Waals surface area (Å²) in [5, 5.41) is 2.53. The summed E-state index contributed by atoms with van der Waals surface area (Å²) in [5.74, 6) is -1.30. The van der Waals surface area contributed by atoms with E-state index in [9.17, 15) is 14.4 Å². The molecular formula is C26H33NO5. The van der Waals surface area contributed by atoms with Crippen LogP contribution in [0.3, 0.4) is 0 Å². The maximum absolute atomic E-state index is 13.3. The Morgan fingerprint density at radius 1 is 1.03 bits per heavy atom. The number of nitrogens with one attached hydrogen (secondary N) is 1. The number of furan rings is 1. The van der Waals surface area contributed by atoms with Crippen LogP contribution in [0.15, 0.2) is 28.7 Å². The molecule has 6 nitrogen and oxygen atoms in total. The molecule has 0 aliphatic heterocycles. The molecule has 1 N–H and O–H groups in total. The zero-order chi connectivity index (χ0) is 23.8. The summed E-state index contributed by atoms with van der Waals surface area (Å²) in [4.78, 5) is 37.4. The molecule has 32 heavy (non-hydrogen) atoms. The van der Waals surface area contributed by atoms with E-state index in [0.717, 1.165) is 18.4 Å². The lowest BCUT2D eigenvalue weighted by atomic mass is 9.62. The van der Waals surface area contributed by atoms with Gasteiger partial charge in [0, 0.05) is 5.56 Å².